The van der Waals surface area contributed by atoms with Gasteiger partial charge in [0.2, 0.25) is 5.95 Å². The molecule has 1 fully saturated rings. The molecule has 0 radical (unpaired) electrons. The second-order valence-electron chi connectivity index (χ2n) is 5.64. The van der Waals surface area contributed by atoms with E-state index in [-0.39, 0.29) is 6.10 Å². The van der Waals surface area contributed by atoms with Crippen LogP contribution in [0.2, 0.25) is 0 Å². The quantitative estimate of drug-likeness (QED) is 0.787. The Labute approximate surface area is 128 Å². The highest BCUT2D eigenvalue weighted by Crippen LogP contribution is 2.27. The zero-order chi connectivity index (χ0) is 14.9. The first-order chi connectivity index (χ1) is 10.8. The van der Waals surface area contributed by atoms with Crippen LogP contribution in [0.15, 0.2) is 47.1 Å². The Morgan fingerprint density at radius 1 is 1.09 bits per heavy atom. The van der Waals surface area contributed by atoms with Crippen molar-refractivity contribution in [2.45, 2.75) is 18.9 Å². The van der Waals surface area contributed by atoms with Gasteiger partial charge >= 0.3 is 0 Å². The number of aliphatic hydroxyl groups excluding tert-OH is 1. The van der Waals surface area contributed by atoms with Crippen molar-refractivity contribution in [1.29, 1.82) is 0 Å². The van der Waals surface area contributed by atoms with E-state index < -0.39 is 0 Å². The molecule has 0 atom stereocenters. The number of benzene rings is 1. The van der Waals surface area contributed by atoms with Crippen LogP contribution in [0.5, 0.6) is 0 Å². The Bertz CT molecular complexity index is 741. The van der Waals surface area contributed by atoms with Crippen molar-refractivity contribution >= 4 is 16.9 Å². The van der Waals surface area contributed by atoms with E-state index in [0.717, 1.165) is 48.2 Å². The molecule has 1 aliphatic heterocycles. The van der Waals surface area contributed by atoms with Crippen LogP contribution < -0.4 is 4.90 Å². The van der Waals surface area contributed by atoms with E-state index in [1.807, 2.05) is 30.3 Å². The number of hydrogen-bond donors (Lipinski definition) is 1. The van der Waals surface area contributed by atoms with Crippen LogP contribution in [0.3, 0.4) is 0 Å². The zero-order valence-corrected chi connectivity index (χ0v) is 12.1. The normalized spacial score (nSPS) is 16.3. The maximum absolute atomic E-state index is 9.56. The number of rotatable bonds is 2. The van der Waals surface area contributed by atoms with Gasteiger partial charge in [-0.3, -0.25) is 0 Å². The van der Waals surface area contributed by atoms with E-state index in [9.17, 15) is 5.11 Å². The minimum atomic E-state index is -0.189. The van der Waals surface area contributed by atoms with Crippen LogP contribution in [0.1, 0.15) is 12.8 Å². The third-order valence-electron chi connectivity index (χ3n) is 4.10. The number of anilines is 1. The van der Waals surface area contributed by atoms with E-state index in [2.05, 4.69) is 14.9 Å². The lowest BCUT2D eigenvalue weighted by atomic mass is 10.1. The van der Waals surface area contributed by atoms with Gasteiger partial charge in [-0.15, -0.1) is 0 Å². The monoisotopic (exact) mass is 295 g/mol. The summed E-state index contributed by atoms with van der Waals surface area (Å²) in [7, 11) is 0. The summed E-state index contributed by atoms with van der Waals surface area (Å²) in [6.07, 6.45) is 4.95. The van der Waals surface area contributed by atoms with Gasteiger partial charge in [0, 0.05) is 30.9 Å². The largest absolute Gasteiger partial charge is 0.456 e. The van der Waals surface area contributed by atoms with Gasteiger partial charge in [-0.25, -0.2) is 9.97 Å². The van der Waals surface area contributed by atoms with Crippen LogP contribution >= 0.6 is 0 Å². The fourth-order valence-corrected chi connectivity index (χ4v) is 2.80. The minimum absolute atomic E-state index is 0.189. The third kappa shape index (κ3) is 2.44. The topological polar surface area (TPSA) is 62.4 Å². The molecule has 0 amide bonds. The van der Waals surface area contributed by atoms with Gasteiger partial charge in [0.1, 0.15) is 11.3 Å². The van der Waals surface area contributed by atoms with Gasteiger partial charge in [0.15, 0.2) is 0 Å². The molecule has 0 spiro atoms. The first-order valence-electron chi connectivity index (χ1n) is 7.53. The molecule has 5 nitrogen and oxygen atoms in total. The highest BCUT2D eigenvalue weighted by Gasteiger charge is 2.19. The molecule has 0 saturated carbocycles. The average molecular weight is 295 g/mol. The summed E-state index contributed by atoms with van der Waals surface area (Å²) in [6, 6.07) is 9.93. The summed E-state index contributed by atoms with van der Waals surface area (Å²) in [5.74, 6) is 1.49. The number of nitrogens with zero attached hydrogens (tertiary/aromatic N) is 3. The molecule has 1 saturated heterocycles. The van der Waals surface area contributed by atoms with E-state index in [0.29, 0.717) is 5.95 Å². The van der Waals surface area contributed by atoms with Gasteiger partial charge in [0.05, 0.1) is 11.7 Å². The van der Waals surface area contributed by atoms with E-state index in [1.165, 1.54) is 0 Å². The first kappa shape index (κ1) is 13.3. The molecular weight excluding hydrogens is 278 g/mol. The van der Waals surface area contributed by atoms with Gasteiger partial charge < -0.3 is 14.4 Å². The molecule has 4 rings (SSSR count). The molecule has 1 N–H and O–H groups in total. The summed E-state index contributed by atoms with van der Waals surface area (Å²) < 4.78 is 5.83. The molecule has 1 aliphatic rings. The van der Waals surface area contributed by atoms with E-state index in [4.69, 9.17) is 4.42 Å². The van der Waals surface area contributed by atoms with Crippen LogP contribution in [0.25, 0.3) is 22.3 Å². The van der Waals surface area contributed by atoms with E-state index >= 15 is 0 Å². The maximum Gasteiger partial charge on any atom is 0.225 e. The number of aromatic nitrogens is 2. The fourth-order valence-electron chi connectivity index (χ4n) is 2.80. The number of fused-ring (bicyclic) bond motifs is 1. The van der Waals surface area contributed by atoms with Crippen molar-refractivity contribution in [1.82, 2.24) is 9.97 Å². The Morgan fingerprint density at radius 3 is 2.55 bits per heavy atom. The van der Waals surface area contributed by atoms with Crippen molar-refractivity contribution in [3.63, 3.8) is 0 Å². The maximum atomic E-state index is 9.56. The third-order valence-corrected chi connectivity index (χ3v) is 4.10. The molecule has 0 unspecified atom stereocenters. The lowest BCUT2D eigenvalue weighted by Gasteiger charge is -2.29. The molecule has 3 heterocycles. The predicted octanol–water partition coefficient (Wildman–Crippen LogP) is 2.85. The number of para-hydroxylation sites is 1. The van der Waals surface area contributed by atoms with Crippen molar-refractivity contribution in [2.24, 2.45) is 0 Å². The number of piperidine rings is 1. The van der Waals surface area contributed by atoms with Gasteiger partial charge in [-0.1, -0.05) is 18.2 Å². The Hall–Kier alpha value is -2.40. The standard InChI is InChI=1S/C17H17N3O2/c21-14-5-7-20(8-6-14)17-18-10-13(11-19-17)16-9-12-3-1-2-4-15(12)22-16/h1-4,9-11,14,21H,5-8H2. The van der Waals surface area contributed by atoms with Crippen molar-refractivity contribution in [3.8, 4) is 11.3 Å². The Morgan fingerprint density at radius 2 is 1.82 bits per heavy atom. The molecular formula is C17H17N3O2. The minimum Gasteiger partial charge on any atom is -0.456 e. The Kier molecular flexibility index (Phi) is 3.27. The lowest BCUT2D eigenvalue weighted by molar-refractivity contribution is 0.145. The van der Waals surface area contributed by atoms with Crippen LogP contribution in [0, 0.1) is 0 Å². The summed E-state index contributed by atoms with van der Waals surface area (Å²) in [5, 5.41) is 10.6. The highest BCUT2D eigenvalue weighted by atomic mass is 16.3. The molecule has 0 bridgehead atoms. The molecule has 112 valence electrons. The van der Waals surface area contributed by atoms with Gasteiger partial charge in [-0.05, 0) is 25.0 Å². The molecule has 3 aromatic rings. The van der Waals surface area contributed by atoms with Crippen LogP contribution in [-0.4, -0.2) is 34.3 Å². The van der Waals surface area contributed by atoms with E-state index in [1.54, 1.807) is 12.4 Å². The fraction of sp³-hybridized carbons (Fsp3) is 0.294. The second kappa shape index (κ2) is 5.42. The second-order valence-corrected chi connectivity index (χ2v) is 5.64. The number of hydrogen-bond acceptors (Lipinski definition) is 5. The smallest absolute Gasteiger partial charge is 0.225 e. The van der Waals surface area contributed by atoms with Crippen LogP contribution in [-0.2, 0) is 0 Å². The Balaban J connectivity index is 1.58. The molecule has 5 heteroatoms. The van der Waals surface area contributed by atoms with Crippen LogP contribution in [0.4, 0.5) is 5.95 Å². The molecule has 22 heavy (non-hydrogen) atoms. The lowest BCUT2D eigenvalue weighted by Crippen LogP contribution is -2.36. The van der Waals surface area contributed by atoms with Crippen molar-refractivity contribution < 1.29 is 9.52 Å². The first-order valence-corrected chi connectivity index (χ1v) is 7.53. The molecule has 1 aromatic carbocycles. The number of furan rings is 1. The van der Waals surface area contributed by atoms with Gasteiger partial charge in [-0.2, -0.15) is 0 Å². The van der Waals surface area contributed by atoms with Crippen molar-refractivity contribution in [3.05, 3.63) is 42.7 Å². The number of aliphatic hydroxyl groups is 1. The zero-order valence-electron chi connectivity index (χ0n) is 12.1. The average Bonchev–Trinajstić information content (AvgIpc) is 3.00. The summed E-state index contributed by atoms with van der Waals surface area (Å²) in [5.41, 5.74) is 1.74. The molecule has 0 aliphatic carbocycles. The van der Waals surface area contributed by atoms with Gasteiger partial charge in [0.25, 0.3) is 0 Å². The SMILES string of the molecule is OC1CCN(c2ncc(-c3cc4ccccc4o3)cn2)CC1. The molecule has 2 aromatic heterocycles. The summed E-state index contributed by atoms with van der Waals surface area (Å²) in [6.45, 7) is 1.59. The highest BCUT2D eigenvalue weighted by molar-refractivity contribution is 5.82. The van der Waals surface area contributed by atoms with Crippen molar-refractivity contribution in [2.75, 3.05) is 18.0 Å². The summed E-state index contributed by atoms with van der Waals surface area (Å²) >= 11 is 0. The predicted molar refractivity (Wildman–Crippen MR) is 84.7 cm³/mol. The summed E-state index contributed by atoms with van der Waals surface area (Å²) in [4.78, 5) is 11.0.